The second-order valence-electron chi connectivity index (χ2n) is 5.86. The molecule has 27 heavy (non-hydrogen) atoms. The van der Waals surface area contributed by atoms with Crippen molar-refractivity contribution in [3.63, 3.8) is 0 Å². The molecule has 0 heterocycles. The van der Waals surface area contributed by atoms with E-state index in [1.54, 1.807) is 19.1 Å². The summed E-state index contributed by atoms with van der Waals surface area (Å²) in [5.74, 6) is -0.566. The summed E-state index contributed by atoms with van der Waals surface area (Å²) in [6.45, 7) is 5.27. The lowest BCUT2D eigenvalue weighted by Crippen LogP contribution is -2.46. The average molecular weight is 396 g/mol. The van der Waals surface area contributed by atoms with Gasteiger partial charge in [-0.25, -0.2) is 0 Å². The molecule has 1 N–H and O–H groups in total. The summed E-state index contributed by atoms with van der Waals surface area (Å²) in [6, 6.07) is 6.13. The lowest BCUT2D eigenvalue weighted by molar-refractivity contribution is -0.152. The summed E-state index contributed by atoms with van der Waals surface area (Å²) < 4.78 is 10.3. The summed E-state index contributed by atoms with van der Waals surface area (Å²) in [5.41, 5.74) is 0.866. The Labute approximate surface area is 165 Å². The number of methoxy groups -OCH3 is 1. The predicted octanol–water partition coefficient (Wildman–Crippen LogP) is 2.83. The third kappa shape index (κ3) is 7.55. The van der Waals surface area contributed by atoms with E-state index in [-0.39, 0.29) is 29.9 Å². The van der Waals surface area contributed by atoms with Crippen LogP contribution in [0.3, 0.4) is 0 Å². The standard InChI is InChI=1S/C19H26ClN3O4/c1-4-9-23(17(13-26-3)19(25)27-5-2)10-8-18(24)22-15-7-6-14(12-21)16(20)11-15/h6-7,11,17H,4-5,8-10,13H2,1-3H3,(H,22,24). The van der Waals surface area contributed by atoms with E-state index in [0.717, 1.165) is 6.42 Å². The number of carbonyl (C=O) groups is 2. The first kappa shape index (κ1) is 22.9. The number of hydrogen-bond donors (Lipinski definition) is 1. The molecule has 0 fully saturated rings. The maximum Gasteiger partial charge on any atom is 0.325 e. The molecule has 0 aromatic heterocycles. The minimum absolute atomic E-state index is 0.192. The second-order valence-corrected chi connectivity index (χ2v) is 6.27. The van der Waals surface area contributed by atoms with Crippen LogP contribution in [0.15, 0.2) is 18.2 Å². The number of anilines is 1. The molecule has 0 bridgehead atoms. The molecule has 8 heteroatoms. The van der Waals surface area contributed by atoms with Crippen molar-refractivity contribution in [3.05, 3.63) is 28.8 Å². The SMILES string of the molecule is CCCN(CCC(=O)Nc1ccc(C#N)c(Cl)c1)C(COC)C(=O)OCC. The highest BCUT2D eigenvalue weighted by Crippen LogP contribution is 2.20. The van der Waals surface area contributed by atoms with Crippen molar-refractivity contribution in [3.8, 4) is 6.07 Å². The molecule has 1 rings (SSSR count). The van der Waals surface area contributed by atoms with Crippen LogP contribution >= 0.6 is 11.6 Å². The van der Waals surface area contributed by atoms with E-state index in [1.807, 2.05) is 17.9 Å². The van der Waals surface area contributed by atoms with Crippen LogP contribution in [0.25, 0.3) is 0 Å². The van der Waals surface area contributed by atoms with Gasteiger partial charge in [-0.3, -0.25) is 14.5 Å². The van der Waals surface area contributed by atoms with E-state index in [1.165, 1.54) is 13.2 Å². The van der Waals surface area contributed by atoms with Crippen molar-refractivity contribution >= 4 is 29.2 Å². The van der Waals surface area contributed by atoms with E-state index < -0.39 is 6.04 Å². The molecule has 1 aromatic carbocycles. The van der Waals surface area contributed by atoms with Gasteiger partial charge >= 0.3 is 5.97 Å². The molecule has 0 aliphatic heterocycles. The predicted molar refractivity (Wildman–Crippen MR) is 104 cm³/mol. The molecule has 0 saturated carbocycles. The number of rotatable bonds is 11. The number of nitrogens with one attached hydrogen (secondary N) is 1. The van der Waals surface area contributed by atoms with Crippen LogP contribution < -0.4 is 5.32 Å². The lowest BCUT2D eigenvalue weighted by atomic mass is 10.2. The molecule has 148 valence electrons. The summed E-state index contributed by atoms with van der Waals surface area (Å²) in [7, 11) is 1.53. The number of amides is 1. The van der Waals surface area contributed by atoms with Crippen LogP contribution in [-0.4, -0.2) is 56.2 Å². The Balaban J connectivity index is 2.71. The van der Waals surface area contributed by atoms with Gasteiger partial charge in [-0.1, -0.05) is 18.5 Å². The van der Waals surface area contributed by atoms with Crippen LogP contribution in [-0.2, 0) is 19.1 Å². The molecule has 1 amide bonds. The third-order valence-corrected chi connectivity index (χ3v) is 4.15. The van der Waals surface area contributed by atoms with Gasteiger partial charge in [-0.15, -0.1) is 0 Å². The van der Waals surface area contributed by atoms with Gasteiger partial charge in [0.25, 0.3) is 0 Å². The molecular formula is C19H26ClN3O4. The van der Waals surface area contributed by atoms with E-state index in [4.69, 9.17) is 26.3 Å². The molecule has 1 atom stereocenters. The first-order valence-electron chi connectivity index (χ1n) is 8.85. The first-order chi connectivity index (χ1) is 13.0. The number of carbonyl (C=O) groups excluding carboxylic acids is 2. The van der Waals surface area contributed by atoms with Crippen molar-refractivity contribution in [1.82, 2.24) is 4.90 Å². The molecule has 0 saturated heterocycles. The zero-order valence-electron chi connectivity index (χ0n) is 16.0. The molecule has 0 radical (unpaired) electrons. The minimum atomic E-state index is -0.549. The van der Waals surface area contributed by atoms with Crippen molar-refractivity contribution in [2.75, 3.05) is 38.7 Å². The number of nitriles is 1. The number of halogens is 1. The van der Waals surface area contributed by atoms with E-state index in [2.05, 4.69) is 5.32 Å². The van der Waals surface area contributed by atoms with Crippen molar-refractivity contribution in [2.24, 2.45) is 0 Å². The number of nitrogens with zero attached hydrogens (tertiary/aromatic N) is 2. The smallest absolute Gasteiger partial charge is 0.325 e. The Morgan fingerprint density at radius 3 is 2.63 bits per heavy atom. The van der Waals surface area contributed by atoms with E-state index in [9.17, 15) is 9.59 Å². The maximum absolute atomic E-state index is 12.3. The monoisotopic (exact) mass is 395 g/mol. The highest BCUT2D eigenvalue weighted by Gasteiger charge is 2.27. The highest BCUT2D eigenvalue weighted by atomic mass is 35.5. The Kier molecular flexibility index (Phi) is 10.4. The van der Waals surface area contributed by atoms with Crippen LogP contribution in [0, 0.1) is 11.3 Å². The molecule has 1 aromatic rings. The second kappa shape index (κ2) is 12.3. The van der Waals surface area contributed by atoms with Crippen LogP contribution in [0.1, 0.15) is 32.3 Å². The Hall–Kier alpha value is -2.14. The van der Waals surface area contributed by atoms with Crippen LogP contribution in [0.2, 0.25) is 5.02 Å². The Morgan fingerprint density at radius 2 is 2.07 bits per heavy atom. The highest BCUT2D eigenvalue weighted by molar-refractivity contribution is 6.32. The van der Waals surface area contributed by atoms with E-state index in [0.29, 0.717) is 30.9 Å². The average Bonchev–Trinajstić information content (AvgIpc) is 2.63. The van der Waals surface area contributed by atoms with Gasteiger partial charge in [-0.2, -0.15) is 5.26 Å². The topological polar surface area (TPSA) is 91.7 Å². The van der Waals surface area contributed by atoms with Crippen LogP contribution in [0.5, 0.6) is 0 Å². The first-order valence-corrected chi connectivity index (χ1v) is 9.23. The number of esters is 1. The summed E-state index contributed by atoms with van der Waals surface area (Å²) in [4.78, 5) is 26.4. The van der Waals surface area contributed by atoms with Crippen LogP contribution in [0.4, 0.5) is 5.69 Å². The Morgan fingerprint density at radius 1 is 1.33 bits per heavy atom. The lowest BCUT2D eigenvalue weighted by Gasteiger charge is -2.29. The normalized spacial score (nSPS) is 11.7. The van der Waals surface area contributed by atoms with Gasteiger partial charge in [0, 0.05) is 25.8 Å². The zero-order valence-corrected chi connectivity index (χ0v) is 16.7. The number of hydrogen-bond acceptors (Lipinski definition) is 6. The molecule has 0 aliphatic carbocycles. The van der Waals surface area contributed by atoms with Gasteiger partial charge in [0.15, 0.2) is 0 Å². The fourth-order valence-corrected chi connectivity index (χ4v) is 2.80. The zero-order chi connectivity index (χ0) is 20.2. The summed E-state index contributed by atoms with van der Waals surface area (Å²) >= 11 is 5.98. The summed E-state index contributed by atoms with van der Waals surface area (Å²) in [5, 5.41) is 11.9. The van der Waals surface area contributed by atoms with Crippen molar-refractivity contribution < 1.29 is 19.1 Å². The third-order valence-electron chi connectivity index (χ3n) is 3.83. The molecule has 0 spiro atoms. The Bertz CT molecular complexity index is 675. The molecular weight excluding hydrogens is 370 g/mol. The number of benzene rings is 1. The van der Waals surface area contributed by atoms with Gasteiger partial charge in [0.2, 0.25) is 5.91 Å². The molecule has 7 nitrogen and oxygen atoms in total. The molecule has 1 unspecified atom stereocenters. The van der Waals surface area contributed by atoms with Gasteiger partial charge < -0.3 is 14.8 Å². The molecule has 0 aliphatic rings. The van der Waals surface area contributed by atoms with Crippen molar-refractivity contribution in [1.29, 1.82) is 5.26 Å². The summed E-state index contributed by atoms with van der Waals surface area (Å²) in [6.07, 6.45) is 1.02. The number of ether oxygens (including phenoxy) is 2. The fourth-order valence-electron chi connectivity index (χ4n) is 2.58. The van der Waals surface area contributed by atoms with Gasteiger partial charge in [0.1, 0.15) is 12.1 Å². The van der Waals surface area contributed by atoms with E-state index >= 15 is 0 Å². The van der Waals surface area contributed by atoms with Gasteiger partial charge in [0.05, 0.1) is 23.8 Å². The van der Waals surface area contributed by atoms with Gasteiger partial charge in [-0.05, 0) is 38.1 Å². The van der Waals surface area contributed by atoms with Crippen molar-refractivity contribution in [2.45, 2.75) is 32.7 Å². The quantitative estimate of drug-likeness (QED) is 0.579. The fraction of sp³-hybridized carbons (Fsp3) is 0.526. The minimum Gasteiger partial charge on any atom is -0.465 e. The largest absolute Gasteiger partial charge is 0.465 e. The maximum atomic E-state index is 12.3.